The van der Waals surface area contributed by atoms with E-state index in [0.29, 0.717) is 55.7 Å². The second-order valence-corrected chi connectivity index (χ2v) is 19.6. The van der Waals surface area contributed by atoms with E-state index in [-0.39, 0.29) is 65.6 Å². The van der Waals surface area contributed by atoms with Crippen molar-refractivity contribution < 1.29 is 52.7 Å². The van der Waals surface area contributed by atoms with E-state index in [9.17, 15) is 13.2 Å². The SMILES string of the molecule is Cc1ccc(-c2cc3c4c5c2-n2c6ccc(C(F)(F)F)cc6c6cc(C(F)(F)F)cc(c62)B5c2cc(C(F)(F)F)cc5c6cc(C(F)(F)F)cc(c6n-4c25)C32c3ccccc3-c3ccccc32)c2ccccc12. The highest BCUT2D eigenvalue weighted by atomic mass is 19.4. The summed E-state index contributed by atoms with van der Waals surface area (Å²) in [6.07, 6.45) is -20.1. The van der Waals surface area contributed by atoms with Crippen LogP contribution in [-0.4, -0.2) is 15.8 Å². The summed E-state index contributed by atoms with van der Waals surface area (Å²) in [7, 11) is 0. The largest absolute Gasteiger partial charge is 0.416 e. The molecule has 0 unspecified atom stereocenters. The third kappa shape index (κ3) is 5.14. The maximum atomic E-state index is 15.7. The summed E-state index contributed by atoms with van der Waals surface area (Å²) in [5.74, 6) is 0. The Hall–Kier alpha value is -7.94. The highest BCUT2D eigenvalue weighted by Gasteiger charge is 2.56. The molecule has 15 rings (SSSR count). The van der Waals surface area contributed by atoms with Crippen molar-refractivity contribution in [3.63, 3.8) is 0 Å². The van der Waals surface area contributed by atoms with E-state index < -0.39 is 59.1 Å². The van der Waals surface area contributed by atoms with Gasteiger partial charge in [-0.3, -0.25) is 0 Å². The molecule has 15 heteroatoms. The predicted octanol–water partition coefficient (Wildman–Crippen LogP) is 14.9. The minimum Gasteiger partial charge on any atom is -0.310 e. The highest BCUT2D eigenvalue weighted by molar-refractivity contribution is 7.00. The molecule has 0 saturated heterocycles. The Balaban J connectivity index is 1.27. The molecule has 5 heterocycles. The van der Waals surface area contributed by atoms with Crippen LogP contribution in [0.5, 0.6) is 0 Å². The van der Waals surface area contributed by atoms with Crippen molar-refractivity contribution in [2.75, 3.05) is 0 Å². The molecule has 0 saturated carbocycles. The van der Waals surface area contributed by atoms with Crippen LogP contribution in [0.2, 0.25) is 0 Å². The van der Waals surface area contributed by atoms with Crippen LogP contribution in [0, 0.1) is 6.92 Å². The Kier molecular flexibility index (Phi) is 7.71. The maximum Gasteiger partial charge on any atom is 0.416 e. The smallest absolute Gasteiger partial charge is 0.310 e. The zero-order valence-corrected chi connectivity index (χ0v) is 37.4. The van der Waals surface area contributed by atoms with Crippen molar-refractivity contribution in [2.45, 2.75) is 37.0 Å². The highest BCUT2D eigenvalue weighted by Crippen LogP contribution is 2.63. The molecule has 2 aromatic heterocycles. The average molecular weight is 991 g/mol. The van der Waals surface area contributed by atoms with Gasteiger partial charge in [0.15, 0.2) is 0 Å². The molecule has 4 aliphatic rings. The number of hydrogen-bond donors (Lipinski definition) is 0. The van der Waals surface area contributed by atoms with Crippen LogP contribution in [0.3, 0.4) is 0 Å². The van der Waals surface area contributed by atoms with Gasteiger partial charge in [0.25, 0.3) is 6.71 Å². The number of fused-ring (bicyclic) bond motifs is 15. The minimum atomic E-state index is -5.11. The van der Waals surface area contributed by atoms with Gasteiger partial charge in [-0.2, -0.15) is 52.7 Å². The molecule has 0 amide bonds. The van der Waals surface area contributed by atoms with Crippen LogP contribution >= 0.6 is 0 Å². The first-order valence-electron chi connectivity index (χ1n) is 23.1. The lowest BCUT2D eigenvalue weighted by Gasteiger charge is -2.45. The van der Waals surface area contributed by atoms with E-state index in [1.165, 1.54) is 6.07 Å². The number of hydrogen-bond acceptors (Lipinski definition) is 0. The van der Waals surface area contributed by atoms with Crippen molar-refractivity contribution in [2.24, 2.45) is 0 Å². The van der Waals surface area contributed by atoms with Crippen LogP contribution in [0.4, 0.5) is 52.7 Å². The molecule has 0 radical (unpaired) electrons. The normalized spacial score (nSPS) is 15.0. The fraction of sp³-hybridized carbons (Fsp3) is 0.103. The lowest BCUT2D eigenvalue weighted by Crippen LogP contribution is -2.61. The van der Waals surface area contributed by atoms with E-state index in [4.69, 9.17) is 0 Å². The molecule has 1 aliphatic carbocycles. The Morgan fingerprint density at radius 1 is 0.370 bits per heavy atom. The number of aryl methyl sites for hydroxylation is 1. The summed E-state index contributed by atoms with van der Waals surface area (Å²) in [4.78, 5) is 0. The molecule has 0 N–H and O–H groups in total. The predicted molar refractivity (Wildman–Crippen MR) is 258 cm³/mol. The molecule has 1 spiro atoms. The zero-order valence-electron chi connectivity index (χ0n) is 37.4. The number of aromatic nitrogens is 2. The summed E-state index contributed by atoms with van der Waals surface area (Å²) in [5.41, 5.74) is -0.380. The van der Waals surface area contributed by atoms with Crippen molar-refractivity contribution in [3.8, 4) is 33.6 Å². The molecule has 0 fully saturated rings. The van der Waals surface area contributed by atoms with Crippen molar-refractivity contribution >= 4 is 77.5 Å². The summed E-state index contributed by atoms with van der Waals surface area (Å²) >= 11 is 0. The van der Waals surface area contributed by atoms with E-state index in [2.05, 4.69) is 0 Å². The van der Waals surface area contributed by atoms with Crippen molar-refractivity contribution in [1.29, 1.82) is 0 Å². The van der Waals surface area contributed by atoms with Gasteiger partial charge < -0.3 is 9.13 Å². The van der Waals surface area contributed by atoms with Crippen LogP contribution in [0.15, 0.2) is 146 Å². The van der Waals surface area contributed by atoms with Gasteiger partial charge in [0.2, 0.25) is 0 Å². The van der Waals surface area contributed by atoms with Gasteiger partial charge in [0.1, 0.15) is 0 Å². The number of alkyl halides is 12. The van der Waals surface area contributed by atoms with Crippen LogP contribution in [0.25, 0.3) is 88.0 Å². The lowest BCUT2D eigenvalue weighted by atomic mass is 9.33. The van der Waals surface area contributed by atoms with Gasteiger partial charge in [-0.1, -0.05) is 97.1 Å². The third-order valence-electron chi connectivity index (χ3n) is 16.0. The fourth-order valence-corrected chi connectivity index (χ4v) is 13.4. The number of nitrogens with zero attached hydrogens (tertiary/aromatic N) is 2. The summed E-state index contributed by atoms with van der Waals surface area (Å²) < 4.78 is 188. The summed E-state index contributed by atoms with van der Waals surface area (Å²) in [6.45, 7) is 0.422. The topological polar surface area (TPSA) is 9.86 Å². The van der Waals surface area contributed by atoms with Crippen LogP contribution < -0.4 is 16.4 Å². The maximum absolute atomic E-state index is 15.7. The lowest BCUT2D eigenvalue weighted by molar-refractivity contribution is -0.138. The number of benzene rings is 9. The van der Waals surface area contributed by atoms with E-state index in [1.54, 1.807) is 33.4 Å². The Bertz CT molecular complexity index is 4370. The molecular weight excluding hydrogens is 963 g/mol. The molecule has 2 nitrogen and oxygen atoms in total. The van der Waals surface area contributed by atoms with Gasteiger partial charge in [0, 0.05) is 43.8 Å². The van der Waals surface area contributed by atoms with Gasteiger partial charge >= 0.3 is 24.7 Å². The zero-order chi connectivity index (χ0) is 50.4. The molecular formula is C58H27BF12N2. The fourth-order valence-electron chi connectivity index (χ4n) is 13.4. The molecule has 73 heavy (non-hydrogen) atoms. The van der Waals surface area contributed by atoms with Crippen LogP contribution in [0.1, 0.15) is 50.1 Å². The second kappa shape index (κ2) is 13.2. The number of halogens is 12. The van der Waals surface area contributed by atoms with Gasteiger partial charge in [-0.25, -0.2) is 0 Å². The van der Waals surface area contributed by atoms with Crippen molar-refractivity contribution in [3.05, 3.63) is 196 Å². The van der Waals surface area contributed by atoms with E-state index in [1.807, 2.05) is 73.7 Å². The second-order valence-electron chi connectivity index (χ2n) is 19.6. The van der Waals surface area contributed by atoms with E-state index in [0.717, 1.165) is 59.5 Å². The first kappa shape index (κ1) is 42.7. The first-order chi connectivity index (χ1) is 34.7. The quantitative estimate of drug-likeness (QED) is 0.115. The molecule has 3 aliphatic heterocycles. The molecule has 356 valence electrons. The van der Waals surface area contributed by atoms with E-state index >= 15 is 39.5 Å². The Morgan fingerprint density at radius 2 is 0.877 bits per heavy atom. The molecule has 9 aromatic carbocycles. The first-order valence-corrected chi connectivity index (χ1v) is 23.1. The van der Waals surface area contributed by atoms with Gasteiger partial charge in [-0.15, -0.1) is 0 Å². The standard InChI is InChI=1S/C58H27BF12N2/c1-26-14-16-33(32-9-3-2-8-31(26)32)40-25-44-53-48-52(40)72-47-17-15-27(55(60,61)62)18-36(47)37-20-29(57(66,67)68)23-45(50(37)72)59(48)46-24-30(58(69,70)71)21-39-38-19-28(56(63,64)65)22-43(49(38)73(53)51(39)46)54(44)41-12-6-4-10-34(41)35-11-5-7-13-42(35)54/h2-25H,1H3. The van der Waals surface area contributed by atoms with Crippen molar-refractivity contribution in [1.82, 2.24) is 9.13 Å². The molecule has 11 aromatic rings. The van der Waals surface area contributed by atoms with Gasteiger partial charge in [0.05, 0.1) is 44.4 Å². The third-order valence-corrected chi connectivity index (χ3v) is 16.0. The number of rotatable bonds is 1. The Labute approximate surface area is 404 Å². The molecule has 0 bridgehead atoms. The summed E-state index contributed by atoms with van der Waals surface area (Å²) in [6, 6.07) is 35.8. The average Bonchev–Trinajstić information content (AvgIpc) is 3.97. The molecule has 0 atom stereocenters. The van der Waals surface area contributed by atoms with Gasteiger partial charge in [-0.05, 0) is 127 Å². The van der Waals surface area contributed by atoms with Crippen LogP contribution in [-0.2, 0) is 30.1 Å². The Morgan fingerprint density at radius 3 is 1.48 bits per heavy atom. The summed E-state index contributed by atoms with van der Waals surface area (Å²) in [5, 5.41) is 0.788. The monoisotopic (exact) mass is 990 g/mol. The minimum absolute atomic E-state index is 0.0506.